The maximum absolute atomic E-state index is 12.1. The summed E-state index contributed by atoms with van der Waals surface area (Å²) in [6.07, 6.45) is 4.48. The molecule has 102 valence electrons. The van der Waals surface area contributed by atoms with Crippen LogP contribution in [0.1, 0.15) is 37.2 Å². The van der Waals surface area contributed by atoms with Crippen molar-refractivity contribution >= 4 is 5.91 Å². The van der Waals surface area contributed by atoms with Crippen LogP contribution in [0.2, 0.25) is 0 Å². The number of carbonyl (C=O) groups is 1. The molecule has 3 nitrogen and oxygen atoms in total. The molecule has 19 heavy (non-hydrogen) atoms. The fourth-order valence-electron chi connectivity index (χ4n) is 2.96. The third-order valence-corrected chi connectivity index (χ3v) is 4.62. The molecule has 0 aromatic heterocycles. The molecule has 0 aliphatic heterocycles. The van der Waals surface area contributed by atoms with Crippen LogP contribution >= 0.6 is 0 Å². The normalized spacial score (nSPS) is 26.8. The third-order valence-electron chi connectivity index (χ3n) is 4.62. The molecule has 2 saturated carbocycles. The molecule has 3 heteroatoms. The van der Waals surface area contributed by atoms with Gasteiger partial charge in [-0.1, -0.05) is 30.3 Å². The van der Waals surface area contributed by atoms with E-state index >= 15 is 0 Å². The van der Waals surface area contributed by atoms with Gasteiger partial charge >= 0.3 is 0 Å². The molecule has 2 fully saturated rings. The summed E-state index contributed by atoms with van der Waals surface area (Å²) < 4.78 is 0. The standard InChI is InChI=1S/C16H22N2O/c17-9-8-16(6-7-16)11-18-15(19)14-10-13(14)12-4-2-1-3-5-12/h1-5,13-14H,6-11,17H2,(H,18,19). The van der Waals surface area contributed by atoms with Crippen molar-refractivity contribution < 1.29 is 4.79 Å². The van der Waals surface area contributed by atoms with Crippen molar-refractivity contribution in [2.45, 2.75) is 31.6 Å². The molecule has 0 radical (unpaired) electrons. The fourth-order valence-corrected chi connectivity index (χ4v) is 2.96. The van der Waals surface area contributed by atoms with Crippen molar-refractivity contribution in [2.75, 3.05) is 13.1 Å². The lowest BCUT2D eigenvalue weighted by Crippen LogP contribution is -2.32. The summed E-state index contributed by atoms with van der Waals surface area (Å²) in [6.45, 7) is 1.55. The molecule has 2 unspecified atom stereocenters. The zero-order chi connectivity index (χ0) is 13.3. The minimum Gasteiger partial charge on any atom is -0.355 e. The van der Waals surface area contributed by atoms with Crippen LogP contribution in [-0.2, 0) is 4.79 Å². The summed E-state index contributed by atoms with van der Waals surface area (Å²) in [4.78, 5) is 12.1. The highest BCUT2D eigenvalue weighted by molar-refractivity contribution is 5.82. The van der Waals surface area contributed by atoms with Gasteiger partial charge in [0.15, 0.2) is 0 Å². The second-order valence-electron chi connectivity index (χ2n) is 6.12. The first kappa shape index (κ1) is 12.7. The number of hydrogen-bond acceptors (Lipinski definition) is 2. The lowest BCUT2D eigenvalue weighted by molar-refractivity contribution is -0.122. The molecule has 2 aliphatic carbocycles. The van der Waals surface area contributed by atoms with Gasteiger partial charge in [0, 0.05) is 12.5 Å². The summed E-state index contributed by atoms with van der Waals surface area (Å²) in [5, 5.41) is 3.14. The van der Waals surface area contributed by atoms with Crippen molar-refractivity contribution in [3.63, 3.8) is 0 Å². The number of nitrogens with one attached hydrogen (secondary N) is 1. The molecule has 2 atom stereocenters. The molecule has 0 heterocycles. The second-order valence-corrected chi connectivity index (χ2v) is 6.12. The SMILES string of the molecule is NCCC1(CNC(=O)C2CC2c2ccccc2)CC1. The van der Waals surface area contributed by atoms with E-state index in [1.807, 2.05) is 18.2 Å². The summed E-state index contributed by atoms with van der Waals surface area (Å²) in [5.41, 5.74) is 7.25. The molecule has 1 aromatic carbocycles. The quantitative estimate of drug-likeness (QED) is 0.820. The van der Waals surface area contributed by atoms with Gasteiger partial charge in [-0.15, -0.1) is 0 Å². The highest BCUT2D eigenvalue weighted by Crippen LogP contribution is 2.49. The van der Waals surface area contributed by atoms with Gasteiger partial charge in [0.05, 0.1) is 0 Å². The third kappa shape index (κ3) is 2.81. The first-order valence-electron chi connectivity index (χ1n) is 7.27. The fraction of sp³-hybridized carbons (Fsp3) is 0.562. The number of carbonyl (C=O) groups excluding carboxylic acids is 1. The average molecular weight is 258 g/mol. The Morgan fingerprint density at radius 1 is 1.32 bits per heavy atom. The van der Waals surface area contributed by atoms with E-state index in [0.29, 0.717) is 11.3 Å². The first-order valence-corrected chi connectivity index (χ1v) is 7.27. The van der Waals surface area contributed by atoms with Crippen LogP contribution in [0.15, 0.2) is 30.3 Å². The van der Waals surface area contributed by atoms with Crippen molar-refractivity contribution in [3.8, 4) is 0 Å². The maximum Gasteiger partial charge on any atom is 0.223 e. The van der Waals surface area contributed by atoms with Gasteiger partial charge in [0.1, 0.15) is 0 Å². The average Bonchev–Trinajstić information content (AvgIpc) is 3.33. The van der Waals surface area contributed by atoms with Crippen molar-refractivity contribution in [1.29, 1.82) is 0 Å². The Morgan fingerprint density at radius 2 is 2.05 bits per heavy atom. The smallest absolute Gasteiger partial charge is 0.223 e. The van der Waals surface area contributed by atoms with Gasteiger partial charge < -0.3 is 11.1 Å². The molecule has 0 bridgehead atoms. The van der Waals surface area contributed by atoms with Crippen molar-refractivity contribution in [1.82, 2.24) is 5.32 Å². The lowest BCUT2D eigenvalue weighted by Gasteiger charge is -2.14. The zero-order valence-electron chi connectivity index (χ0n) is 11.3. The van der Waals surface area contributed by atoms with E-state index in [4.69, 9.17) is 5.73 Å². The van der Waals surface area contributed by atoms with Gasteiger partial charge in [-0.3, -0.25) is 4.79 Å². The van der Waals surface area contributed by atoms with Crippen molar-refractivity contribution in [2.24, 2.45) is 17.1 Å². The lowest BCUT2D eigenvalue weighted by atomic mass is 10.0. The Morgan fingerprint density at radius 3 is 2.68 bits per heavy atom. The maximum atomic E-state index is 12.1. The Kier molecular flexibility index (Phi) is 3.31. The van der Waals surface area contributed by atoms with E-state index < -0.39 is 0 Å². The van der Waals surface area contributed by atoms with Crippen LogP contribution in [0, 0.1) is 11.3 Å². The molecule has 1 amide bonds. The van der Waals surface area contributed by atoms with Crippen molar-refractivity contribution in [3.05, 3.63) is 35.9 Å². The minimum absolute atomic E-state index is 0.191. The largest absolute Gasteiger partial charge is 0.355 e. The predicted octanol–water partition coefficient (Wildman–Crippen LogP) is 2.04. The highest BCUT2D eigenvalue weighted by atomic mass is 16.2. The molecule has 0 saturated heterocycles. The minimum atomic E-state index is 0.191. The Balaban J connectivity index is 1.48. The molecular weight excluding hydrogens is 236 g/mol. The molecular formula is C16H22N2O. The Bertz CT molecular complexity index is 453. The van der Waals surface area contributed by atoms with E-state index in [1.165, 1.54) is 18.4 Å². The van der Waals surface area contributed by atoms with E-state index in [1.54, 1.807) is 0 Å². The van der Waals surface area contributed by atoms with Crippen LogP contribution in [0.4, 0.5) is 0 Å². The van der Waals surface area contributed by atoms with Crippen LogP contribution in [-0.4, -0.2) is 19.0 Å². The Hall–Kier alpha value is -1.35. The summed E-state index contributed by atoms with van der Waals surface area (Å²) >= 11 is 0. The molecule has 3 N–H and O–H groups in total. The van der Waals surface area contributed by atoms with E-state index in [9.17, 15) is 4.79 Å². The van der Waals surface area contributed by atoms with E-state index in [-0.39, 0.29) is 11.8 Å². The topological polar surface area (TPSA) is 55.1 Å². The van der Waals surface area contributed by atoms with Crippen LogP contribution in [0.5, 0.6) is 0 Å². The number of hydrogen-bond donors (Lipinski definition) is 2. The monoisotopic (exact) mass is 258 g/mol. The summed E-state index contributed by atoms with van der Waals surface area (Å²) in [5.74, 6) is 0.860. The first-order chi connectivity index (χ1) is 9.24. The van der Waals surface area contributed by atoms with Gasteiger partial charge in [-0.05, 0) is 49.1 Å². The zero-order valence-corrected chi connectivity index (χ0v) is 11.3. The number of amides is 1. The highest BCUT2D eigenvalue weighted by Gasteiger charge is 2.46. The predicted molar refractivity (Wildman–Crippen MR) is 75.6 cm³/mol. The van der Waals surface area contributed by atoms with Crippen LogP contribution in [0.3, 0.4) is 0 Å². The molecule has 2 aliphatic rings. The summed E-state index contributed by atoms with van der Waals surface area (Å²) in [7, 11) is 0. The Labute approximate surface area is 114 Å². The molecule has 0 spiro atoms. The van der Waals surface area contributed by atoms with Gasteiger partial charge in [-0.2, -0.15) is 0 Å². The molecule has 1 aromatic rings. The molecule has 3 rings (SSSR count). The second kappa shape index (κ2) is 4.97. The number of rotatable bonds is 6. The van der Waals surface area contributed by atoms with Gasteiger partial charge in [0.25, 0.3) is 0 Å². The van der Waals surface area contributed by atoms with Crippen LogP contribution < -0.4 is 11.1 Å². The summed E-state index contributed by atoms with van der Waals surface area (Å²) in [6, 6.07) is 10.3. The van der Waals surface area contributed by atoms with E-state index in [0.717, 1.165) is 25.9 Å². The van der Waals surface area contributed by atoms with Gasteiger partial charge in [0.2, 0.25) is 5.91 Å². The van der Waals surface area contributed by atoms with Crippen LogP contribution in [0.25, 0.3) is 0 Å². The number of benzene rings is 1. The van der Waals surface area contributed by atoms with Gasteiger partial charge in [-0.25, -0.2) is 0 Å². The van der Waals surface area contributed by atoms with E-state index in [2.05, 4.69) is 17.4 Å². The number of nitrogens with two attached hydrogens (primary N) is 1.